The van der Waals surface area contributed by atoms with Gasteiger partial charge in [-0.25, -0.2) is 0 Å². The van der Waals surface area contributed by atoms with E-state index in [1.165, 1.54) is 17.3 Å². The maximum atomic E-state index is 12.5. The van der Waals surface area contributed by atoms with Gasteiger partial charge >= 0.3 is 0 Å². The van der Waals surface area contributed by atoms with E-state index in [0.29, 0.717) is 25.3 Å². The minimum absolute atomic E-state index is 0.0367. The number of pyridine rings is 1. The Balaban J connectivity index is 1.95. The molecule has 1 aromatic carbocycles. The van der Waals surface area contributed by atoms with Crippen LogP contribution in [0, 0.1) is 18.3 Å². The average Bonchev–Trinajstić information content (AvgIpc) is 2.58. The molecule has 2 rings (SSSR count). The third-order valence-electron chi connectivity index (χ3n) is 3.33. The highest BCUT2D eigenvalue weighted by Crippen LogP contribution is 2.19. The topological polar surface area (TPSA) is 57.0 Å². The third kappa shape index (κ3) is 5.76. The van der Waals surface area contributed by atoms with E-state index in [2.05, 4.69) is 11.1 Å². The molecule has 1 heterocycles. The van der Waals surface area contributed by atoms with E-state index in [1.807, 2.05) is 43.3 Å². The van der Waals surface area contributed by atoms with Crippen LogP contribution in [0.4, 0.5) is 0 Å². The standard InChI is InChI=1S/C18H19N3OS/c1-15-5-7-17(8-6-15)23-14-18(22)21(11-3-9-19)13-16-4-2-10-20-12-16/h2,4-8,10,12H,3,11,13-14H2,1H3. The smallest absolute Gasteiger partial charge is 0.233 e. The molecule has 0 atom stereocenters. The number of hydrogen-bond donors (Lipinski definition) is 0. The Morgan fingerprint density at radius 3 is 2.74 bits per heavy atom. The zero-order chi connectivity index (χ0) is 16.5. The van der Waals surface area contributed by atoms with E-state index >= 15 is 0 Å². The average molecular weight is 325 g/mol. The van der Waals surface area contributed by atoms with Gasteiger partial charge < -0.3 is 4.90 Å². The van der Waals surface area contributed by atoms with Gasteiger partial charge in [0.25, 0.3) is 0 Å². The normalized spacial score (nSPS) is 10.1. The van der Waals surface area contributed by atoms with Crippen molar-refractivity contribution in [1.29, 1.82) is 5.26 Å². The van der Waals surface area contributed by atoms with Crippen molar-refractivity contribution in [3.05, 3.63) is 59.9 Å². The van der Waals surface area contributed by atoms with Gasteiger partial charge in [-0.2, -0.15) is 5.26 Å². The number of benzene rings is 1. The highest BCUT2D eigenvalue weighted by atomic mass is 32.2. The van der Waals surface area contributed by atoms with E-state index in [4.69, 9.17) is 5.26 Å². The van der Waals surface area contributed by atoms with Crippen molar-refractivity contribution in [1.82, 2.24) is 9.88 Å². The molecule has 0 saturated heterocycles. The molecule has 0 bridgehead atoms. The lowest BCUT2D eigenvalue weighted by molar-refractivity contribution is -0.128. The van der Waals surface area contributed by atoms with Gasteiger partial charge in [-0.3, -0.25) is 9.78 Å². The Hall–Kier alpha value is -2.32. The summed E-state index contributed by atoms with van der Waals surface area (Å²) < 4.78 is 0. The minimum atomic E-state index is 0.0367. The predicted molar refractivity (Wildman–Crippen MR) is 91.8 cm³/mol. The van der Waals surface area contributed by atoms with Crippen LogP contribution in [-0.2, 0) is 11.3 Å². The molecular formula is C18H19N3OS. The van der Waals surface area contributed by atoms with Crippen LogP contribution in [-0.4, -0.2) is 28.1 Å². The fourth-order valence-electron chi connectivity index (χ4n) is 2.06. The highest BCUT2D eigenvalue weighted by Gasteiger charge is 2.14. The molecule has 0 aliphatic rings. The summed E-state index contributed by atoms with van der Waals surface area (Å²) in [5.41, 5.74) is 2.17. The fraction of sp³-hybridized carbons (Fsp3) is 0.278. The van der Waals surface area contributed by atoms with Crippen molar-refractivity contribution in [2.45, 2.75) is 24.8 Å². The number of hydrogen-bond acceptors (Lipinski definition) is 4. The molecule has 1 amide bonds. The Morgan fingerprint density at radius 1 is 1.30 bits per heavy atom. The van der Waals surface area contributed by atoms with Crippen LogP contribution in [0.25, 0.3) is 0 Å². The SMILES string of the molecule is Cc1ccc(SCC(=O)N(CCC#N)Cc2cccnc2)cc1. The number of carbonyl (C=O) groups is 1. The Morgan fingerprint density at radius 2 is 2.09 bits per heavy atom. The molecule has 23 heavy (non-hydrogen) atoms. The number of aromatic nitrogens is 1. The summed E-state index contributed by atoms with van der Waals surface area (Å²) in [5, 5.41) is 8.79. The summed E-state index contributed by atoms with van der Waals surface area (Å²) in [7, 11) is 0. The van der Waals surface area contributed by atoms with Gasteiger partial charge in [0.15, 0.2) is 0 Å². The molecule has 1 aromatic heterocycles. The summed E-state index contributed by atoms with van der Waals surface area (Å²) in [6.45, 7) is 2.97. The second-order valence-electron chi connectivity index (χ2n) is 5.19. The van der Waals surface area contributed by atoms with Crippen LogP contribution < -0.4 is 0 Å². The van der Waals surface area contributed by atoms with Gasteiger partial charge in [0.1, 0.15) is 0 Å². The number of nitrogens with zero attached hydrogens (tertiary/aromatic N) is 3. The lowest BCUT2D eigenvalue weighted by Crippen LogP contribution is -2.32. The predicted octanol–water partition coefficient (Wildman–Crippen LogP) is 3.42. The van der Waals surface area contributed by atoms with Crippen molar-refractivity contribution in [3.63, 3.8) is 0 Å². The maximum absolute atomic E-state index is 12.5. The zero-order valence-corrected chi connectivity index (χ0v) is 13.9. The van der Waals surface area contributed by atoms with Crippen molar-refractivity contribution in [2.24, 2.45) is 0 Å². The van der Waals surface area contributed by atoms with Crippen molar-refractivity contribution in [2.75, 3.05) is 12.3 Å². The van der Waals surface area contributed by atoms with Crippen LogP contribution in [0.2, 0.25) is 0 Å². The van der Waals surface area contributed by atoms with Crippen LogP contribution >= 0.6 is 11.8 Å². The second kappa shape index (κ2) is 8.96. The molecule has 0 radical (unpaired) electrons. The van der Waals surface area contributed by atoms with Crippen molar-refractivity contribution < 1.29 is 4.79 Å². The van der Waals surface area contributed by atoms with Crippen LogP contribution in [0.5, 0.6) is 0 Å². The van der Waals surface area contributed by atoms with Crippen molar-refractivity contribution in [3.8, 4) is 6.07 Å². The summed E-state index contributed by atoms with van der Waals surface area (Å²) in [6.07, 6.45) is 3.79. The van der Waals surface area contributed by atoms with Gasteiger partial charge in [-0.1, -0.05) is 23.8 Å². The zero-order valence-electron chi connectivity index (χ0n) is 13.1. The summed E-state index contributed by atoms with van der Waals surface area (Å²) in [5.74, 6) is 0.407. The van der Waals surface area contributed by atoms with Crippen LogP contribution in [0.3, 0.4) is 0 Å². The summed E-state index contributed by atoms with van der Waals surface area (Å²) in [4.78, 5) is 19.3. The van der Waals surface area contributed by atoms with Gasteiger partial charge in [0.2, 0.25) is 5.91 Å². The molecule has 0 aliphatic heterocycles. The molecule has 2 aromatic rings. The highest BCUT2D eigenvalue weighted by molar-refractivity contribution is 8.00. The largest absolute Gasteiger partial charge is 0.337 e. The number of thioether (sulfide) groups is 1. The number of aryl methyl sites for hydroxylation is 1. The number of carbonyl (C=O) groups excluding carboxylic acids is 1. The third-order valence-corrected chi connectivity index (χ3v) is 4.32. The first-order valence-corrected chi connectivity index (χ1v) is 8.40. The van der Waals surface area contributed by atoms with E-state index < -0.39 is 0 Å². The minimum Gasteiger partial charge on any atom is -0.337 e. The van der Waals surface area contributed by atoms with E-state index in [0.717, 1.165) is 10.5 Å². The molecule has 0 saturated carbocycles. The van der Waals surface area contributed by atoms with Gasteiger partial charge in [0.05, 0.1) is 18.2 Å². The van der Waals surface area contributed by atoms with Crippen LogP contribution in [0.15, 0.2) is 53.7 Å². The molecule has 0 fully saturated rings. The molecule has 0 spiro atoms. The summed E-state index contributed by atoms with van der Waals surface area (Å²) >= 11 is 1.52. The van der Waals surface area contributed by atoms with Gasteiger partial charge in [-0.05, 0) is 30.7 Å². The summed E-state index contributed by atoms with van der Waals surface area (Å²) in [6, 6.07) is 14.0. The molecule has 5 heteroatoms. The Kier molecular flexibility index (Phi) is 6.64. The number of rotatable bonds is 7. The molecule has 0 unspecified atom stereocenters. The molecular weight excluding hydrogens is 306 g/mol. The first-order chi connectivity index (χ1) is 11.2. The van der Waals surface area contributed by atoms with Crippen molar-refractivity contribution >= 4 is 17.7 Å². The monoisotopic (exact) mass is 325 g/mol. The first kappa shape index (κ1) is 17.0. The van der Waals surface area contributed by atoms with Gasteiger partial charge in [-0.15, -0.1) is 11.8 Å². The molecule has 0 N–H and O–H groups in total. The molecule has 4 nitrogen and oxygen atoms in total. The lowest BCUT2D eigenvalue weighted by Gasteiger charge is -2.21. The second-order valence-corrected chi connectivity index (χ2v) is 6.24. The van der Waals surface area contributed by atoms with E-state index in [9.17, 15) is 4.79 Å². The fourth-order valence-corrected chi connectivity index (χ4v) is 2.86. The van der Waals surface area contributed by atoms with Gasteiger partial charge in [0, 0.05) is 30.4 Å². The number of amides is 1. The molecule has 118 valence electrons. The first-order valence-electron chi connectivity index (χ1n) is 7.42. The Bertz CT molecular complexity index is 665. The number of nitriles is 1. The maximum Gasteiger partial charge on any atom is 0.233 e. The van der Waals surface area contributed by atoms with E-state index in [1.54, 1.807) is 17.3 Å². The van der Waals surface area contributed by atoms with E-state index in [-0.39, 0.29) is 5.91 Å². The molecule has 0 aliphatic carbocycles. The Labute approximate surface area is 141 Å². The quantitative estimate of drug-likeness (QED) is 0.732. The van der Waals surface area contributed by atoms with Crippen LogP contribution in [0.1, 0.15) is 17.5 Å². The lowest BCUT2D eigenvalue weighted by atomic mass is 10.2.